The molecule has 1 spiro atoms. The lowest BCUT2D eigenvalue weighted by atomic mass is 9.70. The highest BCUT2D eigenvalue weighted by Gasteiger charge is 2.41. The molecule has 1 heterocycles. The summed E-state index contributed by atoms with van der Waals surface area (Å²) in [5, 5.41) is 6.58. The minimum Gasteiger partial charge on any atom is -0.410 e. The summed E-state index contributed by atoms with van der Waals surface area (Å²) < 4.78 is 5.27. The van der Waals surface area contributed by atoms with Gasteiger partial charge in [-0.25, -0.2) is 4.79 Å². The molecule has 1 atom stereocenters. The van der Waals surface area contributed by atoms with Crippen molar-refractivity contribution in [1.82, 2.24) is 10.6 Å². The first-order valence-electron chi connectivity index (χ1n) is 7.04. The summed E-state index contributed by atoms with van der Waals surface area (Å²) >= 11 is 0. The van der Waals surface area contributed by atoms with Crippen LogP contribution < -0.4 is 15.4 Å². The Kier molecular flexibility index (Phi) is 3.42. The van der Waals surface area contributed by atoms with Crippen molar-refractivity contribution in [2.75, 3.05) is 6.54 Å². The zero-order valence-corrected chi connectivity index (χ0v) is 11.0. The average molecular weight is 260 g/mol. The molecule has 0 radical (unpaired) electrons. The van der Waals surface area contributed by atoms with Gasteiger partial charge in [-0.2, -0.15) is 0 Å². The molecule has 2 aliphatic rings. The number of benzene rings is 1. The van der Waals surface area contributed by atoms with Crippen LogP contribution in [0.2, 0.25) is 0 Å². The van der Waals surface area contributed by atoms with E-state index in [1.54, 1.807) is 12.1 Å². The minimum atomic E-state index is -0.340. The lowest BCUT2D eigenvalue weighted by Crippen LogP contribution is -2.59. The first-order chi connectivity index (χ1) is 9.26. The van der Waals surface area contributed by atoms with Gasteiger partial charge >= 0.3 is 6.09 Å². The number of carbonyl (C=O) groups excluding carboxylic acids is 1. The summed E-state index contributed by atoms with van der Waals surface area (Å²) in [5.74, 6) is 0.590. The average Bonchev–Trinajstić information content (AvgIpc) is 2.38. The van der Waals surface area contributed by atoms with Crippen LogP contribution in [0.4, 0.5) is 4.79 Å². The van der Waals surface area contributed by atoms with Gasteiger partial charge in [-0.05, 0) is 50.8 Å². The Labute approximate surface area is 113 Å². The summed E-state index contributed by atoms with van der Waals surface area (Å²) in [4.78, 5) is 11.8. The highest BCUT2D eigenvalue weighted by Crippen LogP contribution is 2.38. The molecule has 1 aliphatic carbocycles. The Bertz CT molecular complexity index is 443. The van der Waals surface area contributed by atoms with Crippen molar-refractivity contribution in [3.05, 3.63) is 30.3 Å². The van der Waals surface area contributed by atoms with Gasteiger partial charge in [0.05, 0.1) is 0 Å². The lowest BCUT2D eigenvalue weighted by molar-refractivity contribution is 0.117. The Hall–Kier alpha value is -1.55. The molecule has 1 aromatic carbocycles. The van der Waals surface area contributed by atoms with Crippen molar-refractivity contribution in [2.24, 2.45) is 0 Å². The molecular weight excluding hydrogens is 240 g/mol. The molecule has 4 nitrogen and oxygen atoms in total. The highest BCUT2D eigenvalue weighted by molar-refractivity contribution is 5.70. The van der Waals surface area contributed by atoms with Gasteiger partial charge in [-0.15, -0.1) is 0 Å². The molecule has 1 saturated carbocycles. The summed E-state index contributed by atoms with van der Waals surface area (Å²) in [6.45, 7) is 0.982. The van der Waals surface area contributed by atoms with E-state index in [9.17, 15) is 4.79 Å². The molecular formula is C15H20N2O2. The van der Waals surface area contributed by atoms with Crippen LogP contribution in [0.15, 0.2) is 30.3 Å². The normalized spacial score (nSPS) is 24.5. The van der Waals surface area contributed by atoms with Crippen LogP contribution in [0.3, 0.4) is 0 Å². The van der Waals surface area contributed by atoms with Gasteiger partial charge in [0.25, 0.3) is 0 Å². The predicted molar refractivity (Wildman–Crippen MR) is 73.2 cm³/mol. The van der Waals surface area contributed by atoms with Crippen molar-refractivity contribution in [1.29, 1.82) is 0 Å². The van der Waals surface area contributed by atoms with Crippen LogP contribution in [0, 0.1) is 0 Å². The van der Waals surface area contributed by atoms with Crippen molar-refractivity contribution in [3.8, 4) is 5.75 Å². The maximum atomic E-state index is 11.8. The fraction of sp³-hybridized carbons (Fsp3) is 0.533. The summed E-state index contributed by atoms with van der Waals surface area (Å²) in [6, 6.07) is 9.42. The predicted octanol–water partition coefficient (Wildman–Crippen LogP) is 2.45. The van der Waals surface area contributed by atoms with E-state index in [1.807, 2.05) is 18.2 Å². The number of rotatable bonds is 2. The van der Waals surface area contributed by atoms with E-state index in [0.29, 0.717) is 11.3 Å². The van der Waals surface area contributed by atoms with Crippen molar-refractivity contribution >= 4 is 6.09 Å². The van der Waals surface area contributed by atoms with E-state index < -0.39 is 0 Å². The monoisotopic (exact) mass is 260 g/mol. The Balaban J connectivity index is 1.52. The maximum Gasteiger partial charge on any atom is 0.412 e. The third kappa shape index (κ3) is 2.89. The Morgan fingerprint density at radius 2 is 2.11 bits per heavy atom. The topological polar surface area (TPSA) is 50.4 Å². The molecule has 2 N–H and O–H groups in total. The van der Waals surface area contributed by atoms with E-state index >= 15 is 0 Å². The standard InChI is InChI=1S/C15H20N2O2/c18-14(19-13-5-2-1-3-6-13)17-12-7-10-16-15(11-12)8-4-9-15/h1-3,5-6,12,16H,4,7-11H2,(H,17,18). The number of para-hydroxylation sites is 1. The second-order valence-corrected chi connectivity index (χ2v) is 5.60. The molecule has 19 heavy (non-hydrogen) atoms. The Morgan fingerprint density at radius 3 is 2.79 bits per heavy atom. The van der Waals surface area contributed by atoms with Gasteiger partial charge in [-0.3, -0.25) is 0 Å². The van der Waals surface area contributed by atoms with Gasteiger partial charge in [0.1, 0.15) is 5.75 Å². The van der Waals surface area contributed by atoms with E-state index in [4.69, 9.17) is 4.74 Å². The van der Waals surface area contributed by atoms with Gasteiger partial charge < -0.3 is 15.4 Å². The van der Waals surface area contributed by atoms with Crippen LogP contribution in [0.1, 0.15) is 32.1 Å². The number of ether oxygens (including phenoxy) is 1. The number of piperidine rings is 1. The number of hydrogen-bond acceptors (Lipinski definition) is 3. The molecule has 2 fully saturated rings. The van der Waals surface area contributed by atoms with Gasteiger partial charge in [0.2, 0.25) is 0 Å². The summed E-state index contributed by atoms with van der Waals surface area (Å²) in [5.41, 5.74) is 0.295. The van der Waals surface area contributed by atoms with Gasteiger partial charge in [0.15, 0.2) is 0 Å². The van der Waals surface area contributed by atoms with E-state index in [1.165, 1.54) is 19.3 Å². The molecule has 3 rings (SSSR count). The third-order valence-electron chi connectivity index (χ3n) is 4.22. The van der Waals surface area contributed by atoms with Crippen LogP contribution in [-0.4, -0.2) is 24.2 Å². The number of amides is 1. The fourth-order valence-corrected chi connectivity index (χ4v) is 3.06. The SMILES string of the molecule is O=C(NC1CCNC2(CCC2)C1)Oc1ccccc1. The first-order valence-corrected chi connectivity index (χ1v) is 7.04. The Morgan fingerprint density at radius 1 is 1.32 bits per heavy atom. The van der Waals surface area contributed by atoms with E-state index in [2.05, 4.69) is 10.6 Å². The van der Waals surface area contributed by atoms with Crippen LogP contribution >= 0.6 is 0 Å². The van der Waals surface area contributed by atoms with E-state index in [0.717, 1.165) is 19.4 Å². The smallest absolute Gasteiger partial charge is 0.410 e. The maximum absolute atomic E-state index is 11.8. The van der Waals surface area contributed by atoms with Crippen molar-refractivity contribution < 1.29 is 9.53 Å². The first kappa shape index (κ1) is 12.5. The molecule has 1 aliphatic heterocycles. The number of hydrogen-bond donors (Lipinski definition) is 2. The number of nitrogens with one attached hydrogen (secondary N) is 2. The largest absolute Gasteiger partial charge is 0.412 e. The molecule has 0 bridgehead atoms. The summed E-state index contributed by atoms with van der Waals surface area (Å²) in [6.07, 6.45) is 5.43. The summed E-state index contributed by atoms with van der Waals surface area (Å²) in [7, 11) is 0. The lowest BCUT2D eigenvalue weighted by Gasteiger charge is -2.48. The van der Waals surface area contributed by atoms with E-state index in [-0.39, 0.29) is 12.1 Å². The van der Waals surface area contributed by atoms with Crippen molar-refractivity contribution in [3.63, 3.8) is 0 Å². The molecule has 4 heteroatoms. The molecule has 1 amide bonds. The van der Waals surface area contributed by atoms with Gasteiger partial charge in [-0.1, -0.05) is 18.2 Å². The van der Waals surface area contributed by atoms with Crippen LogP contribution in [-0.2, 0) is 0 Å². The molecule has 1 aromatic rings. The highest BCUT2D eigenvalue weighted by atomic mass is 16.6. The fourth-order valence-electron chi connectivity index (χ4n) is 3.06. The second kappa shape index (κ2) is 5.21. The minimum absolute atomic E-state index is 0.234. The third-order valence-corrected chi connectivity index (χ3v) is 4.22. The van der Waals surface area contributed by atoms with Crippen LogP contribution in [0.5, 0.6) is 5.75 Å². The molecule has 0 aromatic heterocycles. The molecule has 1 unspecified atom stereocenters. The molecule has 102 valence electrons. The number of carbonyl (C=O) groups is 1. The van der Waals surface area contributed by atoms with Crippen LogP contribution in [0.25, 0.3) is 0 Å². The zero-order valence-electron chi connectivity index (χ0n) is 11.0. The molecule has 1 saturated heterocycles. The van der Waals surface area contributed by atoms with Gasteiger partial charge in [0, 0.05) is 11.6 Å². The zero-order chi connectivity index (χ0) is 13.1. The quantitative estimate of drug-likeness (QED) is 0.858. The van der Waals surface area contributed by atoms with Crippen molar-refractivity contribution in [2.45, 2.75) is 43.7 Å². The second-order valence-electron chi connectivity index (χ2n) is 5.60.